The van der Waals surface area contributed by atoms with Gasteiger partial charge < -0.3 is 0 Å². The number of aryl methyl sites for hydroxylation is 1. The highest BCUT2D eigenvalue weighted by molar-refractivity contribution is 5.46. The third kappa shape index (κ3) is 1.98. The zero-order valence-corrected chi connectivity index (χ0v) is 10.2. The smallest absolute Gasteiger partial charge is 0.138 e. The Morgan fingerprint density at radius 3 is 2.50 bits per heavy atom. The van der Waals surface area contributed by atoms with Gasteiger partial charge in [0.05, 0.1) is 5.69 Å². The normalized spacial score (nSPS) is 11.8. The molecule has 0 amide bonds. The van der Waals surface area contributed by atoms with Crippen molar-refractivity contribution in [2.75, 3.05) is 0 Å². The van der Waals surface area contributed by atoms with Gasteiger partial charge in [-0.1, -0.05) is 38.5 Å². The van der Waals surface area contributed by atoms with Crippen molar-refractivity contribution in [2.24, 2.45) is 0 Å². The summed E-state index contributed by atoms with van der Waals surface area (Å²) in [5.41, 5.74) is 3.77. The van der Waals surface area contributed by atoms with Crippen molar-refractivity contribution in [2.45, 2.75) is 33.1 Å². The van der Waals surface area contributed by atoms with Crippen molar-refractivity contribution in [3.8, 4) is 5.69 Å². The fourth-order valence-electron chi connectivity index (χ4n) is 1.78. The number of aromatic nitrogens is 3. The van der Waals surface area contributed by atoms with E-state index >= 15 is 0 Å². The molecule has 16 heavy (non-hydrogen) atoms. The van der Waals surface area contributed by atoms with E-state index in [4.69, 9.17) is 0 Å². The minimum atomic E-state index is 0.104. The Balaban J connectivity index is 2.62. The summed E-state index contributed by atoms with van der Waals surface area (Å²) in [5, 5.41) is 4.20. The monoisotopic (exact) mass is 215 g/mol. The Kier molecular flexibility index (Phi) is 2.54. The van der Waals surface area contributed by atoms with Crippen LogP contribution in [0.3, 0.4) is 0 Å². The van der Waals surface area contributed by atoms with E-state index in [1.165, 1.54) is 11.1 Å². The summed E-state index contributed by atoms with van der Waals surface area (Å²) in [6.07, 6.45) is 3.30. The third-order valence-electron chi connectivity index (χ3n) is 2.63. The maximum atomic E-state index is 4.20. The number of hydrogen-bond donors (Lipinski definition) is 0. The van der Waals surface area contributed by atoms with Gasteiger partial charge >= 0.3 is 0 Å². The van der Waals surface area contributed by atoms with Crippen LogP contribution in [0.4, 0.5) is 0 Å². The van der Waals surface area contributed by atoms with Gasteiger partial charge in [-0.25, -0.2) is 9.67 Å². The molecule has 0 bridgehead atoms. The summed E-state index contributed by atoms with van der Waals surface area (Å²) >= 11 is 0. The van der Waals surface area contributed by atoms with Crippen LogP contribution < -0.4 is 0 Å². The maximum Gasteiger partial charge on any atom is 0.138 e. The first-order valence-corrected chi connectivity index (χ1v) is 5.44. The van der Waals surface area contributed by atoms with Crippen LogP contribution in [-0.4, -0.2) is 14.8 Å². The molecule has 84 valence electrons. The molecular formula is C13H17N3. The summed E-state index contributed by atoms with van der Waals surface area (Å²) in [7, 11) is 0. The third-order valence-corrected chi connectivity index (χ3v) is 2.63. The Hall–Kier alpha value is -1.64. The lowest BCUT2D eigenvalue weighted by Gasteiger charge is -2.23. The Bertz CT molecular complexity index is 478. The molecule has 1 heterocycles. The minimum absolute atomic E-state index is 0.104. The summed E-state index contributed by atoms with van der Waals surface area (Å²) < 4.78 is 1.82. The van der Waals surface area contributed by atoms with E-state index < -0.39 is 0 Å². The van der Waals surface area contributed by atoms with Gasteiger partial charge in [0, 0.05) is 0 Å². The predicted octanol–water partition coefficient (Wildman–Crippen LogP) is 2.87. The van der Waals surface area contributed by atoms with Gasteiger partial charge in [0.15, 0.2) is 0 Å². The molecule has 0 aliphatic carbocycles. The first-order chi connectivity index (χ1) is 7.48. The largest absolute Gasteiger partial charge is 0.223 e. The SMILES string of the molecule is Cc1ccc(-n2cncn2)c(C(C)(C)C)c1. The molecule has 0 spiro atoms. The van der Waals surface area contributed by atoms with Gasteiger partial charge in [-0.3, -0.25) is 0 Å². The highest BCUT2D eigenvalue weighted by Gasteiger charge is 2.19. The van der Waals surface area contributed by atoms with E-state index in [1.807, 2.05) is 4.68 Å². The van der Waals surface area contributed by atoms with Gasteiger partial charge in [-0.15, -0.1) is 0 Å². The van der Waals surface area contributed by atoms with Gasteiger partial charge in [0.1, 0.15) is 12.7 Å². The van der Waals surface area contributed by atoms with Gasteiger partial charge in [0.25, 0.3) is 0 Å². The quantitative estimate of drug-likeness (QED) is 0.732. The minimum Gasteiger partial charge on any atom is -0.223 e. The topological polar surface area (TPSA) is 30.7 Å². The fourth-order valence-corrected chi connectivity index (χ4v) is 1.78. The van der Waals surface area contributed by atoms with Crippen LogP contribution in [0.25, 0.3) is 5.69 Å². The van der Waals surface area contributed by atoms with Gasteiger partial charge in [-0.2, -0.15) is 5.10 Å². The molecule has 0 unspecified atom stereocenters. The summed E-state index contributed by atoms with van der Waals surface area (Å²) in [6, 6.07) is 6.42. The Morgan fingerprint density at radius 2 is 1.94 bits per heavy atom. The van der Waals surface area contributed by atoms with E-state index in [0.717, 1.165) is 5.69 Å². The molecule has 0 aliphatic heterocycles. The average Bonchev–Trinajstić information content (AvgIpc) is 2.69. The zero-order valence-electron chi connectivity index (χ0n) is 10.2. The standard InChI is InChI=1S/C13H17N3/c1-10-5-6-12(16-9-14-8-15-16)11(7-10)13(2,3)4/h5-9H,1-4H3. The highest BCUT2D eigenvalue weighted by Crippen LogP contribution is 2.28. The van der Waals surface area contributed by atoms with E-state index in [9.17, 15) is 0 Å². The molecule has 2 rings (SSSR count). The van der Waals surface area contributed by atoms with Gasteiger partial charge in [-0.05, 0) is 24.0 Å². The van der Waals surface area contributed by atoms with Crippen LogP contribution in [0.15, 0.2) is 30.9 Å². The molecule has 1 aromatic heterocycles. The van der Waals surface area contributed by atoms with Crippen molar-refractivity contribution in [1.29, 1.82) is 0 Å². The Morgan fingerprint density at radius 1 is 1.19 bits per heavy atom. The molecule has 0 N–H and O–H groups in total. The number of benzene rings is 1. The first kappa shape index (κ1) is 10.9. The molecule has 0 fully saturated rings. The second-order valence-corrected chi connectivity index (χ2v) is 5.11. The van der Waals surface area contributed by atoms with Crippen molar-refractivity contribution in [1.82, 2.24) is 14.8 Å². The van der Waals surface area contributed by atoms with Crippen LogP contribution in [0.5, 0.6) is 0 Å². The van der Waals surface area contributed by atoms with Gasteiger partial charge in [0.2, 0.25) is 0 Å². The molecule has 0 radical (unpaired) electrons. The first-order valence-electron chi connectivity index (χ1n) is 5.44. The number of nitrogens with zero attached hydrogens (tertiary/aromatic N) is 3. The highest BCUT2D eigenvalue weighted by atomic mass is 15.3. The predicted molar refractivity (Wildman–Crippen MR) is 64.8 cm³/mol. The van der Waals surface area contributed by atoms with Crippen LogP contribution in [0, 0.1) is 6.92 Å². The second kappa shape index (κ2) is 3.74. The van der Waals surface area contributed by atoms with Crippen LogP contribution >= 0.6 is 0 Å². The van der Waals surface area contributed by atoms with Crippen LogP contribution in [0.2, 0.25) is 0 Å². The molecule has 1 aromatic carbocycles. The number of rotatable bonds is 1. The lowest BCUT2D eigenvalue weighted by Crippen LogP contribution is -2.15. The van der Waals surface area contributed by atoms with Crippen molar-refractivity contribution < 1.29 is 0 Å². The van der Waals surface area contributed by atoms with Crippen molar-refractivity contribution in [3.05, 3.63) is 42.0 Å². The Labute approximate surface area is 96.1 Å². The summed E-state index contributed by atoms with van der Waals surface area (Å²) in [6.45, 7) is 8.74. The molecule has 0 atom stereocenters. The van der Waals surface area contributed by atoms with E-state index in [2.05, 4.69) is 56.0 Å². The van der Waals surface area contributed by atoms with Crippen LogP contribution in [0.1, 0.15) is 31.9 Å². The summed E-state index contributed by atoms with van der Waals surface area (Å²) in [4.78, 5) is 4.00. The van der Waals surface area contributed by atoms with E-state index in [1.54, 1.807) is 12.7 Å². The summed E-state index contributed by atoms with van der Waals surface area (Å²) in [5.74, 6) is 0. The zero-order chi connectivity index (χ0) is 11.8. The fraction of sp³-hybridized carbons (Fsp3) is 0.385. The molecule has 3 heteroatoms. The number of hydrogen-bond acceptors (Lipinski definition) is 2. The second-order valence-electron chi connectivity index (χ2n) is 5.11. The molecule has 0 aliphatic rings. The molecule has 2 aromatic rings. The molecule has 0 saturated carbocycles. The van der Waals surface area contributed by atoms with E-state index in [-0.39, 0.29) is 5.41 Å². The van der Waals surface area contributed by atoms with Crippen molar-refractivity contribution >= 4 is 0 Å². The molecule has 0 saturated heterocycles. The lowest BCUT2D eigenvalue weighted by atomic mass is 9.85. The van der Waals surface area contributed by atoms with Crippen LogP contribution in [-0.2, 0) is 5.41 Å². The molecule has 3 nitrogen and oxygen atoms in total. The average molecular weight is 215 g/mol. The maximum absolute atomic E-state index is 4.20. The van der Waals surface area contributed by atoms with Crippen molar-refractivity contribution in [3.63, 3.8) is 0 Å². The molecular weight excluding hydrogens is 198 g/mol. The van der Waals surface area contributed by atoms with E-state index in [0.29, 0.717) is 0 Å². The lowest BCUT2D eigenvalue weighted by molar-refractivity contribution is 0.582.